The molecule has 88 valence electrons. The normalized spacial score (nSPS) is 16.0. The average molecular weight is 230 g/mol. The molecule has 0 bridgehead atoms. The Kier molecular flexibility index (Phi) is 2.37. The van der Waals surface area contributed by atoms with Crippen molar-refractivity contribution >= 4 is 16.6 Å². The molecule has 1 saturated heterocycles. The third-order valence-corrected chi connectivity index (χ3v) is 3.13. The number of hydrogen-bond acceptors (Lipinski definition) is 4. The van der Waals surface area contributed by atoms with E-state index in [1.165, 1.54) is 0 Å². The number of ether oxygens (including phenoxy) is 1. The van der Waals surface area contributed by atoms with Gasteiger partial charge in [-0.25, -0.2) is 0 Å². The first kappa shape index (κ1) is 10.4. The molecule has 0 radical (unpaired) electrons. The van der Waals surface area contributed by atoms with Crippen LogP contribution in [0.1, 0.15) is 0 Å². The van der Waals surface area contributed by atoms with Gasteiger partial charge in [0.05, 0.1) is 18.7 Å². The molecule has 4 heteroatoms. The van der Waals surface area contributed by atoms with Crippen LogP contribution in [-0.2, 0) is 0 Å². The Morgan fingerprint density at radius 1 is 1.35 bits per heavy atom. The van der Waals surface area contributed by atoms with Crippen molar-refractivity contribution < 1.29 is 9.84 Å². The van der Waals surface area contributed by atoms with Crippen LogP contribution in [0.5, 0.6) is 5.75 Å². The SMILES string of the molecule is COc1ccc2nccc(N3CC(O)C3)c2c1. The van der Waals surface area contributed by atoms with E-state index in [2.05, 4.69) is 9.88 Å². The quantitative estimate of drug-likeness (QED) is 0.847. The van der Waals surface area contributed by atoms with E-state index < -0.39 is 0 Å². The summed E-state index contributed by atoms with van der Waals surface area (Å²) in [4.78, 5) is 6.48. The maximum absolute atomic E-state index is 9.37. The number of anilines is 1. The van der Waals surface area contributed by atoms with Crippen LogP contribution in [0.2, 0.25) is 0 Å². The van der Waals surface area contributed by atoms with Crippen molar-refractivity contribution in [3.8, 4) is 5.75 Å². The first-order valence-electron chi connectivity index (χ1n) is 5.63. The molecule has 1 fully saturated rings. The number of fused-ring (bicyclic) bond motifs is 1. The second kappa shape index (κ2) is 3.89. The number of aliphatic hydroxyl groups excluding tert-OH is 1. The predicted octanol–water partition coefficient (Wildman–Crippen LogP) is 1.42. The Morgan fingerprint density at radius 3 is 2.88 bits per heavy atom. The number of rotatable bonds is 2. The van der Waals surface area contributed by atoms with Gasteiger partial charge in [-0.3, -0.25) is 4.98 Å². The van der Waals surface area contributed by atoms with Crippen molar-refractivity contribution in [1.82, 2.24) is 4.98 Å². The Labute approximate surface area is 99.5 Å². The average Bonchev–Trinajstić information content (AvgIpc) is 2.34. The highest BCUT2D eigenvalue weighted by molar-refractivity contribution is 5.92. The lowest BCUT2D eigenvalue weighted by Crippen LogP contribution is -2.50. The van der Waals surface area contributed by atoms with Crippen LogP contribution in [0.15, 0.2) is 30.5 Å². The Hall–Kier alpha value is -1.81. The minimum atomic E-state index is -0.205. The van der Waals surface area contributed by atoms with Gasteiger partial charge in [-0.2, -0.15) is 0 Å². The van der Waals surface area contributed by atoms with E-state index in [9.17, 15) is 5.11 Å². The zero-order chi connectivity index (χ0) is 11.8. The first-order valence-corrected chi connectivity index (χ1v) is 5.63. The molecule has 1 aliphatic heterocycles. The first-order chi connectivity index (χ1) is 8.28. The van der Waals surface area contributed by atoms with Gasteiger partial charge in [0.2, 0.25) is 0 Å². The van der Waals surface area contributed by atoms with E-state index in [-0.39, 0.29) is 6.10 Å². The van der Waals surface area contributed by atoms with Gasteiger partial charge in [0.15, 0.2) is 0 Å². The maximum atomic E-state index is 9.37. The van der Waals surface area contributed by atoms with E-state index in [0.29, 0.717) is 13.1 Å². The molecular weight excluding hydrogens is 216 g/mol. The molecule has 2 heterocycles. The van der Waals surface area contributed by atoms with E-state index in [4.69, 9.17) is 4.74 Å². The standard InChI is InChI=1S/C13H14N2O2/c1-17-10-2-3-12-11(6-10)13(4-5-14-12)15-7-9(16)8-15/h2-6,9,16H,7-8H2,1H3. The molecule has 17 heavy (non-hydrogen) atoms. The number of nitrogens with zero attached hydrogens (tertiary/aromatic N) is 2. The van der Waals surface area contributed by atoms with Crippen molar-refractivity contribution in [2.75, 3.05) is 25.1 Å². The Morgan fingerprint density at radius 2 is 2.18 bits per heavy atom. The number of aliphatic hydroxyl groups is 1. The van der Waals surface area contributed by atoms with Crippen LogP contribution in [0.4, 0.5) is 5.69 Å². The third kappa shape index (κ3) is 1.70. The molecule has 0 aliphatic carbocycles. The smallest absolute Gasteiger partial charge is 0.119 e. The maximum Gasteiger partial charge on any atom is 0.119 e. The second-order valence-corrected chi connectivity index (χ2v) is 4.27. The molecule has 0 spiro atoms. The summed E-state index contributed by atoms with van der Waals surface area (Å²) in [5, 5.41) is 10.4. The summed E-state index contributed by atoms with van der Waals surface area (Å²) in [5.74, 6) is 0.827. The summed E-state index contributed by atoms with van der Waals surface area (Å²) in [6.07, 6.45) is 1.60. The summed E-state index contributed by atoms with van der Waals surface area (Å²) in [5.41, 5.74) is 2.06. The molecule has 0 saturated carbocycles. The zero-order valence-electron chi connectivity index (χ0n) is 9.63. The molecule has 4 nitrogen and oxygen atoms in total. The molecule has 1 aromatic carbocycles. The van der Waals surface area contributed by atoms with E-state index in [1.807, 2.05) is 24.3 Å². The fourth-order valence-corrected chi connectivity index (χ4v) is 2.17. The van der Waals surface area contributed by atoms with Crippen molar-refractivity contribution in [2.45, 2.75) is 6.10 Å². The highest BCUT2D eigenvalue weighted by Gasteiger charge is 2.25. The molecule has 3 rings (SSSR count). The van der Waals surface area contributed by atoms with Crippen LogP contribution in [0, 0.1) is 0 Å². The number of methoxy groups -OCH3 is 1. The molecule has 0 amide bonds. The number of aromatic nitrogens is 1. The number of pyridine rings is 1. The second-order valence-electron chi connectivity index (χ2n) is 4.27. The van der Waals surface area contributed by atoms with Gasteiger partial charge in [0.25, 0.3) is 0 Å². The van der Waals surface area contributed by atoms with Gasteiger partial charge < -0.3 is 14.7 Å². The summed E-state index contributed by atoms with van der Waals surface area (Å²) < 4.78 is 5.23. The zero-order valence-corrected chi connectivity index (χ0v) is 9.63. The minimum absolute atomic E-state index is 0.205. The van der Waals surface area contributed by atoms with Gasteiger partial charge in [-0.05, 0) is 24.3 Å². The predicted molar refractivity (Wildman–Crippen MR) is 66.5 cm³/mol. The lowest BCUT2D eigenvalue weighted by atomic mass is 10.1. The van der Waals surface area contributed by atoms with E-state index in [1.54, 1.807) is 13.3 Å². The van der Waals surface area contributed by atoms with Crippen molar-refractivity contribution in [1.29, 1.82) is 0 Å². The van der Waals surface area contributed by atoms with Gasteiger partial charge in [-0.15, -0.1) is 0 Å². The molecule has 2 aromatic rings. The molecular formula is C13H14N2O2. The lowest BCUT2D eigenvalue weighted by Gasteiger charge is -2.38. The highest BCUT2D eigenvalue weighted by atomic mass is 16.5. The monoisotopic (exact) mass is 230 g/mol. The van der Waals surface area contributed by atoms with Crippen LogP contribution in [0.3, 0.4) is 0 Å². The number of β-amino-alcohol motifs (C(OH)–C–C–N with tert-alkyl or cyclic N) is 1. The van der Waals surface area contributed by atoms with Gasteiger partial charge in [-0.1, -0.05) is 0 Å². The summed E-state index contributed by atoms with van der Waals surface area (Å²) >= 11 is 0. The molecule has 1 aliphatic rings. The van der Waals surface area contributed by atoms with Crippen molar-refractivity contribution in [2.24, 2.45) is 0 Å². The van der Waals surface area contributed by atoms with Crippen LogP contribution >= 0.6 is 0 Å². The minimum Gasteiger partial charge on any atom is -0.497 e. The largest absolute Gasteiger partial charge is 0.497 e. The summed E-state index contributed by atoms with van der Waals surface area (Å²) in [6.45, 7) is 1.38. The molecule has 0 unspecified atom stereocenters. The van der Waals surface area contributed by atoms with Crippen molar-refractivity contribution in [3.63, 3.8) is 0 Å². The fourth-order valence-electron chi connectivity index (χ4n) is 2.17. The molecule has 1 aromatic heterocycles. The van der Waals surface area contributed by atoms with Gasteiger partial charge in [0.1, 0.15) is 5.75 Å². The Balaban J connectivity index is 2.10. The van der Waals surface area contributed by atoms with Gasteiger partial charge >= 0.3 is 0 Å². The topological polar surface area (TPSA) is 45.6 Å². The molecule has 0 atom stereocenters. The number of hydrogen-bond donors (Lipinski definition) is 1. The Bertz CT molecular complexity index is 550. The van der Waals surface area contributed by atoms with Crippen molar-refractivity contribution in [3.05, 3.63) is 30.5 Å². The fraction of sp³-hybridized carbons (Fsp3) is 0.308. The van der Waals surface area contributed by atoms with Crippen LogP contribution < -0.4 is 9.64 Å². The van der Waals surface area contributed by atoms with Crippen LogP contribution in [0.25, 0.3) is 10.9 Å². The van der Waals surface area contributed by atoms with E-state index in [0.717, 1.165) is 22.3 Å². The van der Waals surface area contributed by atoms with E-state index >= 15 is 0 Å². The summed E-state index contributed by atoms with van der Waals surface area (Å²) in [7, 11) is 1.66. The molecule has 1 N–H and O–H groups in total. The number of benzene rings is 1. The van der Waals surface area contributed by atoms with Gasteiger partial charge in [0, 0.05) is 30.4 Å². The summed E-state index contributed by atoms with van der Waals surface area (Å²) in [6, 6.07) is 7.83. The van der Waals surface area contributed by atoms with Crippen LogP contribution in [-0.4, -0.2) is 36.4 Å². The highest BCUT2D eigenvalue weighted by Crippen LogP contribution is 2.31. The lowest BCUT2D eigenvalue weighted by molar-refractivity contribution is 0.142. The third-order valence-electron chi connectivity index (χ3n) is 3.13.